The summed E-state index contributed by atoms with van der Waals surface area (Å²) in [6, 6.07) is 4.10. The lowest BCUT2D eigenvalue weighted by atomic mass is 10.1. The van der Waals surface area contributed by atoms with Gasteiger partial charge in [-0.05, 0) is 41.0 Å². The van der Waals surface area contributed by atoms with E-state index >= 15 is 0 Å². The van der Waals surface area contributed by atoms with Crippen molar-refractivity contribution in [2.24, 2.45) is 0 Å². The van der Waals surface area contributed by atoms with Crippen molar-refractivity contribution in [1.82, 2.24) is 20.1 Å². The maximum atomic E-state index is 4.56. The zero-order valence-electron chi connectivity index (χ0n) is 10.8. The van der Waals surface area contributed by atoms with E-state index in [4.69, 9.17) is 0 Å². The van der Waals surface area contributed by atoms with Crippen molar-refractivity contribution >= 4 is 15.9 Å². The number of hydrogen-bond donors (Lipinski definition) is 1. The van der Waals surface area contributed by atoms with Crippen LogP contribution in [0.25, 0.3) is 5.82 Å². The van der Waals surface area contributed by atoms with Gasteiger partial charge in [-0.15, -0.1) is 0 Å². The maximum Gasteiger partial charge on any atom is 0.157 e. The Hall–Kier alpha value is -1.20. The average Bonchev–Trinajstić information content (AvgIpc) is 2.79. The Morgan fingerprint density at radius 1 is 1.44 bits per heavy atom. The minimum absolute atomic E-state index is 0.425. The topological polar surface area (TPSA) is 42.7 Å². The summed E-state index contributed by atoms with van der Waals surface area (Å²) in [6.45, 7) is 5.03. The molecule has 0 aromatic carbocycles. The Balaban J connectivity index is 2.42. The first-order valence-electron chi connectivity index (χ1n) is 5.96. The number of nitrogens with zero attached hydrogens (tertiary/aromatic N) is 3. The first-order chi connectivity index (χ1) is 8.61. The third kappa shape index (κ3) is 2.79. The lowest BCUT2D eigenvalue weighted by Crippen LogP contribution is -2.11. The van der Waals surface area contributed by atoms with Crippen molar-refractivity contribution in [3.8, 4) is 5.82 Å². The quantitative estimate of drug-likeness (QED) is 0.944. The van der Waals surface area contributed by atoms with E-state index < -0.39 is 0 Å². The van der Waals surface area contributed by atoms with Crippen LogP contribution in [-0.4, -0.2) is 21.8 Å². The maximum absolute atomic E-state index is 4.56. The highest BCUT2D eigenvalue weighted by atomic mass is 79.9. The summed E-state index contributed by atoms with van der Waals surface area (Å²) in [4.78, 5) is 4.45. The van der Waals surface area contributed by atoms with Crippen molar-refractivity contribution in [2.75, 3.05) is 7.05 Å². The van der Waals surface area contributed by atoms with E-state index in [-0.39, 0.29) is 0 Å². The summed E-state index contributed by atoms with van der Waals surface area (Å²) < 4.78 is 2.82. The molecule has 4 nitrogen and oxygen atoms in total. The van der Waals surface area contributed by atoms with Gasteiger partial charge >= 0.3 is 0 Å². The molecule has 18 heavy (non-hydrogen) atoms. The van der Waals surface area contributed by atoms with E-state index in [9.17, 15) is 0 Å². The van der Waals surface area contributed by atoms with E-state index in [1.807, 2.05) is 24.0 Å². The summed E-state index contributed by atoms with van der Waals surface area (Å²) in [5.74, 6) is 1.30. The first kappa shape index (κ1) is 13.2. The van der Waals surface area contributed by atoms with Gasteiger partial charge in [-0.25, -0.2) is 9.67 Å². The first-order valence-corrected chi connectivity index (χ1v) is 6.76. The minimum atomic E-state index is 0.425. The molecular formula is C13H17BrN4. The van der Waals surface area contributed by atoms with E-state index in [0.717, 1.165) is 28.1 Å². The van der Waals surface area contributed by atoms with E-state index in [1.54, 1.807) is 6.20 Å². The summed E-state index contributed by atoms with van der Waals surface area (Å²) >= 11 is 3.45. The van der Waals surface area contributed by atoms with E-state index in [0.29, 0.717) is 5.92 Å². The molecule has 0 amide bonds. The van der Waals surface area contributed by atoms with Crippen molar-refractivity contribution in [2.45, 2.75) is 26.3 Å². The Morgan fingerprint density at radius 2 is 2.22 bits per heavy atom. The number of halogens is 1. The van der Waals surface area contributed by atoms with Crippen LogP contribution in [-0.2, 0) is 6.54 Å². The fourth-order valence-electron chi connectivity index (χ4n) is 1.76. The molecule has 0 atom stereocenters. The molecule has 0 unspecified atom stereocenters. The van der Waals surface area contributed by atoms with Gasteiger partial charge in [-0.1, -0.05) is 13.8 Å². The monoisotopic (exact) mass is 308 g/mol. The normalized spacial score (nSPS) is 11.2. The molecule has 2 heterocycles. The Morgan fingerprint density at radius 3 is 2.83 bits per heavy atom. The molecule has 0 aliphatic carbocycles. The minimum Gasteiger partial charge on any atom is -0.316 e. The van der Waals surface area contributed by atoms with Gasteiger partial charge in [-0.3, -0.25) is 0 Å². The highest BCUT2D eigenvalue weighted by Crippen LogP contribution is 2.18. The van der Waals surface area contributed by atoms with Crippen LogP contribution >= 0.6 is 15.9 Å². The van der Waals surface area contributed by atoms with Crippen molar-refractivity contribution in [3.05, 3.63) is 40.3 Å². The van der Waals surface area contributed by atoms with Crippen LogP contribution in [0.1, 0.15) is 31.0 Å². The third-order valence-electron chi connectivity index (χ3n) is 2.69. The van der Waals surface area contributed by atoms with Crippen LogP contribution in [0.3, 0.4) is 0 Å². The number of hydrogen-bond acceptors (Lipinski definition) is 3. The second kappa shape index (κ2) is 5.63. The van der Waals surface area contributed by atoms with Crippen LogP contribution < -0.4 is 5.32 Å². The van der Waals surface area contributed by atoms with Crippen LogP contribution in [0, 0.1) is 0 Å². The Bertz CT molecular complexity index is 534. The lowest BCUT2D eigenvalue weighted by molar-refractivity contribution is 0.736. The Kier molecular flexibility index (Phi) is 4.14. The number of aromatic nitrogens is 3. The molecule has 0 aliphatic heterocycles. The van der Waals surface area contributed by atoms with Crippen LogP contribution in [0.4, 0.5) is 0 Å². The predicted molar refractivity (Wildman–Crippen MR) is 75.9 cm³/mol. The second-order valence-corrected chi connectivity index (χ2v) is 5.42. The van der Waals surface area contributed by atoms with Crippen molar-refractivity contribution in [3.63, 3.8) is 0 Å². The molecular weight excluding hydrogens is 292 g/mol. The molecule has 0 aliphatic rings. The predicted octanol–water partition coefficient (Wildman–Crippen LogP) is 2.87. The van der Waals surface area contributed by atoms with E-state index in [2.05, 4.69) is 51.2 Å². The standard InChI is InChI=1S/C13H17BrN4/c1-9(2)12-4-5-18(17-12)13-10(7-15-3)6-11(14)8-16-13/h4-6,8-9,15H,7H2,1-3H3. The highest BCUT2D eigenvalue weighted by Gasteiger charge is 2.10. The Labute approximate surface area is 116 Å². The van der Waals surface area contributed by atoms with Crippen LogP contribution in [0.15, 0.2) is 29.0 Å². The van der Waals surface area contributed by atoms with Crippen LogP contribution in [0.2, 0.25) is 0 Å². The zero-order chi connectivity index (χ0) is 13.1. The highest BCUT2D eigenvalue weighted by molar-refractivity contribution is 9.10. The van der Waals surface area contributed by atoms with Gasteiger partial charge in [0.1, 0.15) is 0 Å². The molecule has 0 bridgehead atoms. The molecule has 0 spiro atoms. The van der Waals surface area contributed by atoms with Gasteiger partial charge in [0, 0.05) is 29.0 Å². The smallest absolute Gasteiger partial charge is 0.157 e. The fraction of sp³-hybridized carbons (Fsp3) is 0.385. The fourth-order valence-corrected chi connectivity index (χ4v) is 2.14. The number of nitrogens with one attached hydrogen (secondary N) is 1. The van der Waals surface area contributed by atoms with E-state index in [1.165, 1.54) is 0 Å². The molecule has 2 rings (SSSR count). The van der Waals surface area contributed by atoms with Gasteiger partial charge in [0.25, 0.3) is 0 Å². The largest absolute Gasteiger partial charge is 0.316 e. The van der Waals surface area contributed by atoms with Gasteiger partial charge in [0.05, 0.1) is 5.69 Å². The zero-order valence-corrected chi connectivity index (χ0v) is 12.4. The van der Waals surface area contributed by atoms with Crippen molar-refractivity contribution < 1.29 is 0 Å². The van der Waals surface area contributed by atoms with Crippen LogP contribution in [0.5, 0.6) is 0 Å². The summed E-state index contributed by atoms with van der Waals surface area (Å²) in [7, 11) is 1.92. The molecule has 2 aromatic rings. The second-order valence-electron chi connectivity index (χ2n) is 4.51. The summed E-state index contributed by atoms with van der Waals surface area (Å²) in [6.07, 6.45) is 3.76. The number of rotatable bonds is 4. The van der Waals surface area contributed by atoms with Gasteiger partial charge < -0.3 is 5.32 Å². The third-order valence-corrected chi connectivity index (χ3v) is 3.13. The molecule has 2 aromatic heterocycles. The molecule has 5 heteroatoms. The molecule has 96 valence electrons. The van der Waals surface area contributed by atoms with Gasteiger partial charge in [0.15, 0.2) is 5.82 Å². The molecule has 0 radical (unpaired) electrons. The molecule has 1 N–H and O–H groups in total. The molecule has 0 saturated heterocycles. The van der Waals surface area contributed by atoms with Gasteiger partial charge in [0.2, 0.25) is 0 Å². The summed E-state index contributed by atoms with van der Waals surface area (Å²) in [5.41, 5.74) is 2.19. The molecule has 0 fully saturated rings. The molecule has 0 saturated carbocycles. The number of pyridine rings is 1. The van der Waals surface area contributed by atoms with Crippen molar-refractivity contribution in [1.29, 1.82) is 0 Å². The SMILES string of the molecule is CNCc1cc(Br)cnc1-n1ccc(C(C)C)n1. The van der Waals surface area contributed by atoms with Gasteiger partial charge in [-0.2, -0.15) is 5.10 Å². The average molecular weight is 309 g/mol. The summed E-state index contributed by atoms with van der Waals surface area (Å²) in [5, 5.41) is 7.71. The lowest BCUT2D eigenvalue weighted by Gasteiger charge is -2.08.